The van der Waals surface area contributed by atoms with E-state index in [9.17, 15) is 0 Å². The van der Waals surface area contributed by atoms with Crippen molar-refractivity contribution >= 4 is 11.6 Å². The number of hydrogen-bond donors (Lipinski definition) is 1. The van der Waals surface area contributed by atoms with Crippen molar-refractivity contribution in [1.82, 2.24) is 15.1 Å². The van der Waals surface area contributed by atoms with Crippen LogP contribution in [0.1, 0.15) is 25.1 Å². The average molecular weight is 306 g/mol. The summed E-state index contributed by atoms with van der Waals surface area (Å²) < 4.78 is 5.49. The molecule has 21 heavy (non-hydrogen) atoms. The minimum atomic E-state index is 0.613. The number of rotatable bonds is 4. The van der Waals surface area contributed by atoms with E-state index in [1.165, 1.54) is 11.3 Å². The van der Waals surface area contributed by atoms with Gasteiger partial charge in [0.25, 0.3) is 0 Å². The highest BCUT2D eigenvalue weighted by molar-refractivity contribution is 6.32. The summed E-state index contributed by atoms with van der Waals surface area (Å²) in [6.45, 7) is 7.86. The molecule has 4 nitrogen and oxygen atoms in total. The van der Waals surface area contributed by atoms with Gasteiger partial charge in [0.15, 0.2) is 0 Å². The molecule has 0 unspecified atom stereocenters. The predicted octanol–water partition coefficient (Wildman–Crippen LogP) is 3.51. The second-order valence-electron chi connectivity index (χ2n) is 5.23. The summed E-state index contributed by atoms with van der Waals surface area (Å²) >= 11 is 6.29. The second-order valence-corrected chi connectivity index (χ2v) is 5.63. The van der Waals surface area contributed by atoms with Crippen molar-refractivity contribution in [2.24, 2.45) is 0 Å². The first kappa shape index (κ1) is 14.4. The summed E-state index contributed by atoms with van der Waals surface area (Å²) in [7, 11) is 0. The smallest absolute Gasteiger partial charge is 0.137 e. The van der Waals surface area contributed by atoms with Crippen molar-refractivity contribution in [1.29, 1.82) is 0 Å². The van der Waals surface area contributed by atoms with Crippen LogP contribution < -0.4 is 4.74 Å². The molecule has 0 fully saturated rings. The van der Waals surface area contributed by atoms with Crippen LogP contribution in [0, 0.1) is 0 Å². The summed E-state index contributed by atoms with van der Waals surface area (Å²) in [5.74, 6) is 0.725. The highest BCUT2D eigenvalue weighted by Crippen LogP contribution is 2.33. The molecule has 0 radical (unpaired) electrons. The third kappa shape index (κ3) is 2.78. The number of ether oxygens (including phenoxy) is 1. The first-order valence-corrected chi connectivity index (χ1v) is 7.81. The Labute approximate surface area is 130 Å². The Kier molecular flexibility index (Phi) is 4.17. The van der Waals surface area contributed by atoms with Gasteiger partial charge >= 0.3 is 0 Å². The summed E-state index contributed by atoms with van der Waals surface area (Å²) in [6, 6.07) is 5.88. The fourth-order valence-electron chi connectivity index (χ4n) is 2.78. The van der Waals surface area contributed by atoms with Crippen molar-refractivity contribution < 1.29 is 4.74 Å². The summed E-state index contributed by atoms with van der Waals surface area (Å²) in [5, 5.41) is 8.31. The quantitative estimate of drug-likeness (QED) is 0.940. The zero-order valence-corrected chi connectivity index (χ0v) is 13.2. The number of nitrogens with one attached hydrogen (secondary N) is 1. The third-order valence-electron chi connectivity index (χ3n) is 3.96. The van der Waals surface area contributed by atoms with Crippen molar-refractivity contribution in [2.75, 3.05) is 19.7 Å². The van der Waals surface area contributed by atoms with Crippen LogP contribution in [0.2, 0.25) is 5.02 Å². The molecule has 0 spiro atoms. The second kappa shape index (κ2) is 6.08. The van der Waals surface area contributed by atoms with E-state index in [2.05, 4.69) is 22.0 Å². The molecule has 112 valence electrons. The number of hydrogen-bond acceptors (Lipinski definition) is 3. The Morgan fingerprint density at radius 1 is 1.38 bits per heavy atom. The molecule has 0 bridgehead atoms. The maximum absolute atomic E-state index is 6.29. The molecule has 1 aliphatic heterocycles. The molecule has 0 atom stereocenters. The maximum atomic E-state index is 6.29. The van der Waals surface area contributed by atoms with Crippen LogP contribution in [0.25, 0.3) is 11.3 Å². The number of benzene rings is 1. The zero-order chi connectivity index (χ0) is 14.8. The molecule has 1 aliphatic rings. The van der Waals surface area contributed by atoms with Crippen LogP contribution >= 0.6 is 11.6 Å². The highest BCUT2D eigenvalue weighted by Gasteiger charge is 2.22. The van der Waals surface area contributed by atoms with E-state index in [0.717, 1.165) is 43.1 Å². The van der Waals surface area contributed by atoms with E-state index < -0.39 is 0 Å². The van der Waals surface area contributed by atoms with E-state index in [-0.39, 0.29) is 0 Å². The molecule has 3 rings (SSSR count). The molecule has 2 aromatic rings. The van der Waals surface area contributed by atoms with Gasteiger partial charge in [0, 0.05) is 36.3 Å². The van der Waals surface area contributed by atoms with E-state index in [1.54, 1.807) is 0 Å². The molecule has 1 N–H and O–H groups in total. The number of likely N-dealkylation sites (N-methyl/N-ethyl adjacent to an activating group) is 1. The summed E-state index contributed by atoms with van der Waals surface area (Å²) in [4.78, 5) is 2.43. The number of halogens is 1. The Bertz CT molecular complexity index is 638. The van der Waals surface area contributed by atoms with Crippen LogP contribution in [0.4, 0.5) is 0 Å². The van der Waals surface area contributed by atoms with Gasteiger partial charge in [0.05, 0.1) is 17.3 Å². The first-order valence-electron chi connectivity index (χ1n) is 7.44. The normalized spacial score (nSPS) is 15.0. The van der Waals surface area contributed by atoms with E-state index in [1.807, 2.05) is 25.1 Å². The van der Waals surface area contributed by atoms with Crippen molar-refractivity contribution in [3.8, 4) is 17.0 Å². The lowest BCUT2D eigenvalue weighted by molar-refractivity contribution is 0.267. The van der Waals surface area contributed by atoms with Gasteiger partial charge in [-0.3, -0.25) is 10.00 Å². The van der Waals surface area contributed by atoms with E-state index >= 15 is 0 Å². The van der Waals surface area contributed by atoms with Gasteiger partial charge in [-0.25, -0.2) is 0 Å². The van der Waals surface area contributed by atoms with Crippen molar-refractivity contribution in [3.63, 3.8) is 0 Å². The van der Waals surface area contributed by atoms with Gasteiger partial charge in [0.1, 0.15) is 5.75 Å². The monoisotopic (exact) mass is 305 g/mol. The van der Waals surface area contributed by atoms with Gasteiger partial charge in [-0.2, -0.15) is 5.10 Å². The van der Waals surface area contributed by atoms with Crippen LogP contribution in [-0.2, 0) is 13.0 Å². The molecular formula is C16H20ClN3O. The Hall–Kier alpha value is -1.52. The highest BCUT2D eigenvalue weighted by atomic mass is 35.5. The number of nitrogens with zero attached hydrogens (tertiary/aromatic N) is 2. The van der Waals surface area contributed by atoms with E-state index in [4.69, 9.17) is 16.3 Å². The standard InChI is InChI=1S/C16H20ClN3O/c1-3-20-8-7-14-12(10-20)16(19-18-14)11-5-6-15(21-4-2)13(17)9-11/h5-6,9H,3-4,7-8,10H2,1-2H3,(H,18,19). The number of aromatic amines is 1. The van der Waals surface area contributed by atoms with Crippen LogP contribution in [0.3, 0.4) is 0 Å². The first-order chi connectivity index (χ1) is 10.2. The SMILES string of the molecule is CCOc1ccc(-c2n[nH]c3c2CN(CC)CC3)cc1Cl. The molecular weight excluding hydrogens is 286 g/mol. The Balaban J connectivity index is 1.95. The molecule has 0 saturated carbocycles. The number of aromatic nitrogens is 2. The van der Waals surface area contributed by atoms with Crippen molar-refractivity contribution in [3.05, 3.63) is 34.5 Å². The van der Waals surface area contributed by atoms with Gasteiger partial charge in [-0.1, -0.05) is 18.5 Å². The lowest BCUT2D eigenvalue weighted by Crippen LogP contribution is -2.30. The third-order valence-corrected chi connectivity index (χ3v) is 4.26. The summed E-state index contributed by atoms with van der Waals surface area (Å²) in [6.07, 6.45) is 1.03. The fourth-order valence-corrected chi connectivity index (χ4v) is 3.02. The van der Waals surface area contributed by atoms with Crippen LogP contribution in [0.15, 0.2) is 18.2 Å². The van der Waals surface area contributed by atoms with E-state index in [0.29, 0.717) is 11.6 Å². The Morgan fingerprint density at radius 3 is 2.95 bits per heavy atom. The fraction of sp³-hybridized carbons (Fsp3) is 0.438. The molecule has 0 aliphatic carbocycles. The van der Waals surface area contributed by atoms with Gasteiger partial charge in [-0.05, 0) is 31.7 Å². The van der Waals surface area contributed by atoms with Gasteiger partial charge < -0.3 is 4.74 Å². The van der Waals surface area contributed by atoms with Gasteiger partial charge in [0.2, 0.25) is 0 Å². The topological polar surface area (TPSA) is 41.1 Å². The van der Waals surface area contributed by atoms with Crippen LogP contribution in [-0.4, -0.2) is 34.8 Å². The molecule has 1 aromatic heterocycles. The summed E-state index contributed by atoms with van der Waals surface area (Å²) in [5.41, 5.74) is 4.59. The lowest BCUT2D eigenvalue weighted by atomic mass is 10.0. The predicted molar refractivity (Wildman–Crippen MR) is 84.9 cm³/mol. The van der Waals surface area contributed by atoms with Crippen LogP contribution in [0.5, 0.6) is 5.75 Å². The Morgan fingerprint density at radius 2 is 2.24 bits per heavy atom. The average Bonchev–Trinajstić information content (AvgIpc) is 2.92. The molecule has 0 saturated heterocycles. The zero-order valence-electron chi connectivity index (χ0n) is 12.4. The number of fused-ring (bicyclic) bond motifs is 1. The largest absolute Gasteiger partial charge is 0.492 e. The lowest BCUT2D eigenvalue weighted by Gasteiger charge is -2.25. The molecule has 1 aromatic carbocycles. The molecule has 5 heteroatoms. The number of H-pyrrole nitrogens is 1. The molecule has 2 heterocycles. The minimum Gasteiger partial charge on any atom is -0.492 e. The molecule has 0 amide bonds. The van der Waals surface area contributed by atoms with Gasteiger partial charge in [-0.15, -0.1) is 0 Å². The maximum Gasteiger partial charge on any atom is 0.137 e. The van der Waals surface area contributed by atoms with Crippen molar-refractivity contribution in [2.45, 2.75) is 26.8 Å². The minimum absolute atomic E-state index is 0.613.